The monoisotopic (exact) mass is 455 g/mol. The van der Waals surface area contributed by atoms with Crippen molar-refractivity contribution in [3.05, 3.63) is 70.0 Å². The summed E-state index contributed by atoms with van der Waals surface area (Å²) in [6.07, 6.45) is 4.07. The summed E-state index contributed by atoms with van der Waals surface area (Å²) in [5, 5.41) is 5.16. The maximum Gasteiger partial charge on any atom is 0.274 e. The lowest BCUT2D eigenvalue weighted by Crippen LogP contribution is -2.17. The van der Waals surface area contributed by atoms with Gasteiger partial charge in [-0.2, -0.15) is 5.10 Å². The number of benzene rings is 1. The summed E-state index contributed by atoms with van der Waals surface area (Å²) in [6.45, 7) is 2.57. The molecule has 4 rings (SSSR count). The molecule has 0 aliphatic rings. The first kappa shape index (κ1) is 21.8. The van der Waals surface area contributed by atoms with Crippen LogP contribution in [0.4, 0.5) is 0 Å². The molecule has 9 nitrogen and oxygen atoms in total. The molecule has 0 saturated heterocycles. The second-order valence-electron chi connectivity index (χ2n) is 7.66. The lowest BCUT2D eigenvalue weighted by atomic mass is 9.99. The topological polar surface area (TPSA) is 111 Å². The first-order valence-corrected chi connectivity index (χ1v) is 11.3. The largest absolute Gasteiger partial charge is 0.487 e. The van der Waals surface area contributed by atoms with E-state index in [4.69, 9.17) is 4.74 Å². The molecule has 0 unspecified atom stereocenters. The zero-order valence-corrected chi connectivity index (χ0v) is 19.0. The van der Waals surface area contributed by atoms with Crippen LogP contribution in [0.5, 0.6) is 5.75 Å². The molecule has 0 aliphatic heterocycles. The van der Waals surface area contributed by atoms with Gasteiger partial charge in [0.05, 0.1) is 11.4 Å². The van der Waals surface area contributed by atoms with Gasteiger partial charge in [0.15, 0.2) is 0 Å². The van der Waals surface area contributed by atoms with E-state index in [1.165, 1.54) is 0 Å². The van der Waals surface area contributed by atoms with E-state index in [0.717, 1.165) is 33.5 Å². The zero-order valence-electron chi connectivity index (χ0n) is 18.1. The average molecular weight is 456 g/mol. The van der Waals surface area contributed by atoms with E-state index in [0.29, 0.717) is 30.8 Å². The molecule has 0 atom stereocenters. The standard InChI is InChI=1S/C22H25N5O4S/c1-14-10-16(27(3)25-14)13-31-20-5-4-15(6-9-24-32(29)30)11-18(20)19-12-26(2)22(28)21-17(19)7-8-23-21/h4-5,7-8,10-12,23,32H,6,9,13H2,1-3H3,(H,24,29,30). The SMILES string of the molecule is Cc1cc(COc2ccc(CCN[SH](=O)=O)cc2-c2cn(C)c(=O)c3[nH]ccc23)n(C)n1. The second kappa shape index (κ2) is 9.01. The van der Waals surface area contributed by atoms with Crippen LogP contribution in [0.3, 0.4) is 0 Å². The van der Waals surface area contributed by atoms with Crippen LogP contribution < -0.4 is 15.0 Å². The number of rotatable bonds is 8. The van der Waals surface area contributed by atoms with Gasteiger partial charge in [0.25, 0.3) is 5.56 Å². The van der Waals surface area contributed by atoms with Gasteiger partial charge in [-0.05, 0) is 43.2 Å². The van der Waals surface area contributed by atoms with Crippen LogP contribution in [0, 0.1) is 6.92 Å². The van der Waals surface area contributed by atoms with Gasteiger partial charge in [-0.1, -0.05) is 6.07 Å². The summed E-state index contributed by atoms with van der Waals surface area (Å²) in [4.78, 5) is 15.5. The van der Waals surface area contributed by atoms with Gasteiger partial charge in [0.2, 0.25) is 10.9 Å². The number of H-pyrrole nitrogens is 1. The first-order valence-electron chi connectivity index (χ1n) is 10.1. The third-order valence-corrected chi connectivity index (χ3v) is 5.84. The molecule has 32 heavy (non-hydrogen) atoms. The van der Waals surface area contributed by atoms with Crippen molar-refractivity contribution in [2.45, 2.75) is 20.0 Å². The summed E-state index contributed by atoms with van der Waals surface area (Å²) >= 11 is 0. The molecule has 0 aliphatic carbocycles. The van der Waals surface area contributed by atoms with Gasteiger partial charge in [0, 0.05) is 49.5 Å². The zero-order chi connectivity index (χ0) is 22.8. The van der Waals surface area contributed by atoms with E-state index < -0.39 is 10.9 Å². The molecule has 0 spiro atoms. The van der Waals surface area contributed by atoms with E-state index in [2.05, 4.69) is 14.8 Å². The average Bonchev–Trinajstić information content (AvgIpc) is 3.36. The predicted molar refractivity (Wildman–Crippen MR) is 123 cm³/mol. The summed E-state index contributed by atoms with van der Waals surface area (Å²) in [5.74, 6) is 0.664. The molecule has 4 aromatic rings. The highest BCUT2D eigenvalue weighted by atomic mass is 32.2. The maximum absolute atomic E-state index is 12.5. The van der Waals surface area contributed by atoms with E-state index >= 15 is 0 Å². The van der Waals surface area contributed by atoms with Crippen molar-refractivity contribution in [1.29, 1.82) is 0 Å². The number of thiol groups is 1. The molecule has 0 amide bonds. The Morgan fingerprint density at radius 3 is 2.69 bits per heavy atom. The van der Waals surface area contributed by atoms with Crippen LogP contribution >= 0.6 is 0 Å². The number of pyridine rings is 1. The van der Waals surface area contributed by atoms with Crippen molar-refractivity contribution in [3.63, 3.8) is 0 Å². The third kappa shape index (κ3) is 4.46. The number of ether oxygens (including phenoxy) is 1. The number of nitrogens with one attached hydrogen (secondary N) is 2. The van der Waals surface area contributed by atoms with Gasteiger partial charge in [-0.15, -0.1) is 0 Å². The Kier molecular flexibility index (Phi) is 6.15. The Morgan fingerprint density at radius 1 is 1.16 bits per heavy atom. The molecule has 0 saturated carbocycles. The number of aryl methyl sites for hydroxylation is 3. The molecule has 0 fully saturated rings. The highest BCUT2D eigenvalue weighted by molar-refractivity contribution is 7.70. The van der Waals surface area contributed by atoms with Gasteiger partial charge in [0.1, 0.15) is 17.9 Å². The van der Waals surface area contributed by atoms with E-state index in [1.807, 2.05) is 44.3 Å². The summed E-state index contributed by atoms with van der Waals surface area (Å²) in [6, 6.07) is 9.63. The Labute approximate surface area is 186 Å². The summed E-state index contributed by atoms with van der Waals surface area (Å²) in [7, 11) is 0.949. The van der Waals surface area contributed by atoms with Crippen LogP contribution in [-0.2, 0) is 38.0 Å². The van der Waals surface area contributed by atoms with Crippen molar-refractivity contribution >= 4 is 21.8 Å². The molecule has 3 heterocycles. The predicted octanol–water partition coefficient (Wildman–Crippen LogP) is 1.81. The van der Waals surface area contributed by atoms with Crippen molar-refractivity contribution in [2.75, 3.05) is 6.54 Å². The van der Waals surface area contributed by atoms with Crippen LogP contribution in [0.25, 0.3) is 22.0 Å². The molecular weight excluding hydrogens is 430 g/mol. The number of aromatic amines is 1. The number of hydrogen-bond donors (Lipinski definition) is 3. The fraction of sp³-hybridized carbons (Fsp3) is 0.273. The maximum atomic E-state index is 12.5. The van der Waals surface area contributed by atoms with Crippen LogP contribution in [0.1, 0.15) is 17.0 Å². The molecule has 0 bridgehead atoms. The highest BCUT2D eigenvalue weighted by Crippen LogP contribution is 2.35. The Morgan fingerprint density at radius 2 is 1.97 bits per heavy atom. The summed E-state index contributed by atoms with van der Waals surface area (Å²) < 4.78 is 33.6. The van der Waals surface area contributed by atoms with Crippen molar-refractivity contribution in [1.82, 2.24) is 24.1 Å². The summed E-state index contributed by atoms with van der Waals surface area (Å²) in [5.41, 5.74) is 4.89. The van der Waals surface area contributed by atoms with Gasteiger partial charge in [-0.3, -0.25) is 9.48 Å². The number of aromatic nitrogens is 4. The second-order valence-corrected chi connectivity index (χ2v) is 8.49. The van der Waals surface area contributed by atoms with E-state index in [1.54, 1.807) is 28.7 Å². The third-order valence-electron chi connectivity index (χ3n) is 5.36. The van der Waals surface area contributed by atoms with Crippen molar-refractivity contribution < 1.29 is 13.2 Å². The molecule has 10 heteroatoms. The van der Waals surface area contributed by atoms with Crippen molar-refractivity contribution in [3.8, 4) is 16.9 Å². The van der Waals surface area contributed by atoms with Gasteiger partial charge >= 0.3 is 0 Å². The molecule has 2 N–H and O–H groups in total. The highest BCUT2D eigenvalue weighted by Gasteiger charge is 2.16. The lowest BCUT2D eigenvalue weighted by Gasteiger charge is -2.15. The number of hydrogen-bond acceptors (Lipinski definition) is 5. The van der Waals surface area contributed by atoms with E-state index in [9.17, 15) is 13.2 Å². The molecule has 1 aromatic carbocycles. The fourth-order valence-electron chi connectivity index (χ4n) is 3.80. The van der Waals surface area contributed by atoms with Crippen LogP contribution in [-0.4, -0.2) is 34.3 Å². The number of fused-ring (bicyclic) bond motifs is 1. The molecule has 168 valence electrons. The Bertz CT molecular complexity index is 1410. The fourth-order valence-corrected chi connectivity index (χ4v) is 4.09. The first-order chi connectivity index (χ1) is 15.3. The van der Waals surface area contributed by atoms with Crippen LogP contribution in [0.2, 0.25) is 0 Å². The van der Waals surface area contributed by atoms with Crippen molar-refractivity contribution in [2.24, 2.45) is 14.1 Å². The minimum atomic E-state index is -2.64. The quantitative estimate of drug-likeness (QED) is 0.351. The molecule has 3 aromatic heterocycles. The van der Waals surface area contributed by atoms with Gasteiger partial charge < -0.3 is 14.3 Å². The lowest BCUT2D eigenvalue weighted by molar-refractivity contribution is 0.296. The van der Waals surface area contributed by atoms with Crippen LogP contribution in [0.15, 0.2) is 47.5 Å². The number of nitrogens with zero attached hydrogens (tertiary/aromatic N) is 3. The minimum absolute atomic E-state index is 0.110. The molecule has 0 radical (unpaired) electrons. The smallest absolute Gasteiger partial charge is 0.274 e. The van der Waals surface area contributed by atoms with E-state index in [-0.39, 0.29) is 5.56 Å². The minimum Gasteiger partial charge on any atom is -0.487 e. The Balaban J connectivity index is 1.76. The molecular formula is C22H25N5O4S. The normalized spacial score (nSPS) is 11.5. The Hall–Kier alpha value is -3.37. The van der Waals surface area contributed by atoms with Gasteiger partial charge in [-0.25, -0.2) is 13.1 Å².